The molecule has 0 unspecified atom stereocenters. The first-order chi connectivity index (χ1) is 12.1. The van der Waals surface area contributed by atoms with Crippen molar-refractivity contribution in [1.29, 1.82) is 0 Å². The first-order valence-corrected chi connectivity index (χ1v) is 9.54. The Hall–Kier alpha value is -1.43. The molecular formula is C20H30N2O3. The summed E-state index contributed by atoms with van der Waals surface area (Å²) >= 11 is 0. The number of rotatable bonds is 6. The average Bonchev–Trinajstić information content (AvgIpc) is 2.62. The van der Waals surface area contributed by atoms with Gasteiger partial charge in [-0.15, -0.1) is 0 Å². The van der Waals surface area contributed by atoms with E-state index in [-0.39, 0.29) is 12.3 Å². The van der Waals surface area contributed by atoms with Crippen LogP contribution in [0.1, 0.15) is 44.1 Å². The van der Waals surface area contributed by atoms with Crippen molar-refractivity contribution < 1.29 is 14.6 Å². The van der Waals surface area contributed by atoms with Gasteiger partial charge in [0.05, 0.1) is 25.2 Å². The van der Waals surface area contributed by atoms with E-state index in [9.17, 15) is 9.90 Å². The summed E-state index contributed by atoms with van der Waals surface area (Å²) in [5.41, 5.74) is 1.27. The number of anilines is 1. The van der Waals surface area contributed by atoms with Crippen molar-refractivity contribution in [2.24, 2.45) is 0 Å². The Morgan fingerprint density at radius 3 is 2.48 bits per heavy atom. The van der Waals surface area contributed by atoms with Gasteiger partial charge in [0, 0.05) is 25.3 Å². The molecule has 5 heteroatoms. The van der Waals surface area contributed by atoms with Crippen LogP contribution in [0.15, 0.2) is 24.3 Å². The van der Waals surface area contributed by atoms with E-state index in [1.165, 1.54) is 5.56 Å². The largest absolute Gasteiger partial charge is 0.389 e. The van der Waals surface area contributed by atoms with Crippen LogP contribution in [0.3, 0.4) is 0 Å². The fraction of sp³-hybridized carbons (Fsp3) is 0.650. The van der Waals surface area contributed by atoms with Gasteiger partial charge in [-0.3, -0.25) is 9.69 Å². The van der Waals surface area contributed by atoms with Gasteiger partial charge >= 0.3 is 0 Å². The molecule has 2 aliphatic rings. The lowest BCUT2D eigenvalue weighted by atomic mass is 9.82. The van der Waals surface area contributed by atoms with Gasteiger partial charge in [0.2, 0.25) is 5.91 Å². The second kappa shape index (κ2) is 8.79. The van der Waals surface area contributed by atoms with E-state index in [1.807, 2.05) is 12.1 Å². The molecule has 1 aliphatic heterocycles. The number of hydrogen-bond donors (Lipinski definition) is 2. The first-order valence-electron chi connectivity index (χ1n) is 9.54. The second-order valence-electron chi connectivity index (χ2n) is 7.41. The number of amides is 1. The van der Waals surface area contributed by atoms with Crippen molar-refractivity contribution in [1.82, 2.24) is 4.90 Å². The standard InChI is InChI=1S/C20H30N2O3/c23-19(16-20(24)9-2-1-3-10-20)21-18-6-4-17(5-7-18)8-11-22-12-14-25-15-13-22/h4-7,24H,1-3,8-16H2,(H,21,23). The SMILES string of the molecule is O=C(CC1(O)CCCCC1)Nc1ccc(CCN2CCOCC2)cc1. The van der Waals surface area contributed by atoms with Crippen LogP contribution < -0.4 is 5.32 Å². The summed E-state index contributed by atoms with van der Waals surface area (Å²) in [6.07, 6.45) is 5.88. The van der Waals surface area contributed by atoms with Gasteiger partial charge in [-0.1, -0.05) is 31.4 Å². The number of ether oxygens (including phenoxy) is 1. The Morgan fingerprint density at radius 2 is 1.80 bits per heavy atom. The zero-order chi connectivity index (χ0) is 17.5. The zero-order valence-electron chi connectivity index (χ0n) is 15.0. The van der Waals surface area contributed by atoms with Crippen LogP contribution in [-0.4, -0.2) is 54.4 Å². The second-order valence-corrected chi connectivity index (χ2v) is 7.41. The maximum Gasteiger partial charge on any atom is 0.227 e. The molecular weight excluding hydrogens is 316 g/mol. The minimum Gasteiger partial charge on any atom is -0.389 e. The molecule has 1 aromatic carbocycles. The molecule has 1 saturated carbocycles. The Bertz CT molecular complexity index is 547. The predicted octanol–water partition coefficient (Wildman–Crippen LogP) is 2.59. The molecule has 2 N–H and O–H groups in total. The van der Waals surface area contributed by atoms with Gasteiger partial charge in [0.1, 0.15) is 0 Å². The van der Waals surface area contributed by atoms with Crippen LogP contribution in [0.4, 0.5) is 5.69 Å². The smallest absolute Gasteiger partial charge is 0.227 e. The third-order valence-electron chi connectivity index (χ3n) is 5.33. The van der Waals surface area contributed by atoms with E-state index >= 15 is 0 Å². The van der Waals surface area contributed by atoms with Crippen molar-refractivity contribution in [2.45, 2.75) is 50.5 Å². The molecule has 138 valence electrons. The van der Waals surface area contributed by atoms with Crippen molar-refractivity contribution in [3.63, 3.8) is 0 Å². The van der Waals surface area contributed by atoms with E-state index in [0.29, 0.717) is 0 Å². The Labute approximate surface area is 150 Å². The maximum absolute atomic E-state index is 12.2. The first kappa shape index (κ1) is 18.4. The summed E-state index contributed by atoms with van der Waals surface area (Å²) in [4.78, 5) is 14.6. The summed E-state index contributed by atoms with van der Waals surface area (Å²) in [5, 5.41) is 13.4. The highest BCUT2D eigenvalue weighted by molar-refractivity contribution is 5.91. The van der Waals surface area contributed by atoms with Crippen molar-refractivity contribution in [2.75, 3.05) is 38.2 Å². The average molecular weight is 346 g/mol. The number of carbonyl (C=O) groups excluding carboxylic acids is 1. The number of benzene rings is 1. The lowest BCUT2D eigenvalue weighted by Crippen LogP contribution is -2.37. The highest BCUT2D eigenvalue weighted by atomic mass is 16.5. The molecule has 1 heterocycles. The molecule has 1 saturated heterocycles. The summed E-state index contributed by atoms with van der Waals surface area (Å²) in [6, 6.07) is 8.06. The van der Waals surface area contributed by atoms with Crippen LogP contribution in [0, 0.1) is 0 Å². The number of carbonyl (C=O) groups is 1. The summed E-state index contributed by atoms with van der Waals surface area (Å²) in [6.45, 7) is 4.73. The van der Waals surface area contributed by atoms with Crippen molar-refractivity contribution >= 4 is 11.6 Å². The molecule has 0 bridgehead atoms. The maximum atomic E-state index is 12.2. The van der Waals surface area contributed by atoms with Crippen LogP contribution in [-0.2, 0) is 16.0 Å². The minimum atomic E-state index is -0.805. The summed E-state index contributed by atoms with van der Waals surface area (Å²) in [7, 11) is 0. The number of morpholine rings is 1. The van der Waals surface area contributed by atoms with E-state index in [4.69, 9.17) is 4.74 Å². The Balaban J connectivity index is 1.44. The molecule has 1 amide bonds. The van der Waals surface area contributed by atoms with Crippen LogP contribution in [0.25, 0.3) is 0 Å². The third kappa shape index (κ3) is 5.80. The van der Waals surface area contributed by atoms with Crippen LogP contribution in [0.2, 0.25) is 0 Å². The fourth-order valence-corrected chi connectivity index (χ4v) is 3.76. The number of aliphatic hydroxyl groups is 1. The molecule has 5 nitrogen and oxygen atoms in total. The van der Waals surface area contributed by atoms with Crippen molar-refractivity contribution in [3.05, 3.63) is 29.8 Å². The fourth-order valence-electron chi connectivity index (χ4n) is 3.76. The van der Waals surface area contributed by atoms with Gasteiger partial charge in [-0.25, -0.2) is 0 Å². The van der Waals surface area contributed by atoms with E-state index < -0.39 is 5.60 Å². The monoisotopic (exact) mass is 346 g/mol. The van der Waals surface area contributed by atoms with Crippen LogP contribution >= 0.6 is 0 Å². The van der Waals surface area contributed by atoms with Crippen molar-refractivity contribution in [3.8, 4) is 0 Å². The summed E-state index contributed by atoms with van der Waals surface area (Å²) in [5.74, 6) is -0.0922. The number of nitrogens with zero attached hydrogens (tertiary/aromatic N) is 1. The molecule has 0 spiro atoms. The molecule has 0 aromatic heterocycles. The van der Waals surface area contributed by atoms with Gasteiger partial charge in [0.25, 0.3) is 0 Å². The van der Waals surface area contributed by atoms with E-state index in [2.05, 4.69) is 22.3 Å². The molecule has 3 rings (SSSR count). The number of nitrogens with one attached hydrogen (secondary N) is 1. The highest BCUT2D eigenvalue weighted by Gasteiger charge is 2.31. The molecule has 1 aliphatic carbocycles. The molecule has 2 fully saturated rings. The highest BCUT2D eigenvalue weighted by Crippen LogP contribution is 2.31. The minimum absolute atomic E-state index is 0.0922. The van der Waals surface area contributed by atoms with Gasteiger partial charge < -0.3 is 15.2 Å². The predicted molar refractivity (Wildman–Crippen MR) is 98.7 cm³/mol. The Kier molecular flexibility index (Phi) is 6.45. The van der Waals surface area contributed by atoms with E-state index in [1.54, 1.807) is 0 Å². The molecule has 0 atom stereocenters. The van der Waals surface area contributed by atoms with Gasteiger partial charge in [0.15, 0.2) is 0 Å². The van der Waals surface area contributed by atoms with E-state index in [0.717, 1.165) is 77.1 Å². The zero-order valence-corrected chi connectivity index (χ0v) is 15.0. The Morgan fingerprint density at radius 1 is 1.12 bits per heavy atom. The molecule has 1 aromatic rings. The lowest BCUT2D eigenvalue weighted by Gasteiger charge is -2.31. The number of hydrogen-bond acceptors (Lipinski definition) is 4. The molecule has 0 radical (unpaired) electrons. The normalized spacial score (nSPS) is 21.0. The van der Waals surface area contributed by atoms with Gasteiger partial charge in [-0.2, -0.15) is 0 Å². The summed E-state index contributed by atoms with van der Waals surface area (Å²) < 4.78 is 5.37. The lowest BCUT2D eigenvalue weighted by molar-refractivity contribution is -0.122. The topological polar surface area (TPSA) is 61.8 Å². The van der Waals surface area contributed by atoms with Gasteiger partial charge in [-0.05, 0) is 37.0 Å². The van der Waals surface area contributed by atoms with Crippen LogP contribution in [0.5, 0.6) is 0 Å². The molecule has 25 heavy (non-hydrogen) atoms. The third-order valence-corrected chi connectivity index (χ3v) is 5.33. The quantitative estimate of drug-likeness (QED) is 0.831.